The minimum atomic E-state index is -0.510. The maximum atomic E-state index is 13.7. The van der Waals surface area contributed by atoms with Gasteiger partial charge in [-0.05, 0) is 90.1 Å². The molecule has 5 unspecified atom stereocenters. The summed E-state index contributed by atoms with van der Waals surface area (Å²) in [4.78, 5) is 43.8. The van der Waals surface area contributed by atoms with E-state index in [1.807, 2.05) is 35.8 Å². The summed E-state index contributed by atoms with van der Waals surface area (Å²) in [7, 11) is 3.56. The number of amides is 1. The van der Waals surface area contributed by atoms with Crippen LogP contribution in [0.15, 0.2) is 59.6 Å². The molecule has 3 aromatic rings. The number of hydrogen-bond donors (Lipinski definition) is 5. The summed E-state index contributed by atoms with van der Waals surface area (Å²) >= 11 is 0. The monoisotopic (exact) mass is 811 g/mol. The summed E-state index contributed by atoms with van der Waals surface area (Å²) in [5, 5.41) is 20.4. The molecule has 0 saturated carbocycles. The molecule has 0 spiro atoms. The predicted octanol–water partition coefficient (Wildman–Crippen LogP) is 4.73. The minimum absolute atomic E-state index is 0.194. The van der Waals surface area contributed by atoms with Crippen LogP contribution in [-0.4, -0.2) is 98.0 Å². The van der Waals surface area contributed by atoms with Gasteiger partial charge in [-0.2, -0.15) is 5.10 Å². The fourth-order valence-corrected chi connectivity index (χ4v) is 7.76. The second-order valence-electron chi connectivity index (χ2n) is 15.2. The van der Waals surface area contributed by atoms with Crippen LogP contribution in [0.25, 0.3) is 0 Å². The van der Waals surface area contributed by atoms with Gasteiger partial charge >= 0.3 is 6.47 Å². The van der Waals surface area contributed by atoms with Gasteiger partial charge in [-0.15, -0.1) is 5.06 Å². The van der Waals surface area contributed by atoms with Crippen LogP contribution in [-0.2, 0) is 21.0 Å². The van der Waals surface area contributed by atoms with E-state index in [2.05, 4.69) is 122 Å². The molecular weight excluding hydrogens is 755 g/mol. The summed E-state index contributed by atoms with van der Waals surface area (Å²) in [6, 6.07) is 10.2. The third kappa shape index (κ3) is 8.96. The second-order valence-corrected chi connectivity index (χ2v) is 15.2. The van der Waals surface area contributed by atoms with E-state index in [0.717, 1.165) is 52.0 Å². The first-order valence-corrected chi connectivity index (χ1v) is 20.3. The molecule has 5 atom stereocenters. The number of hydrogen-bond acceptors (Lipinski definition) is 14. The zero-order valence-electron chi connectivity index (χ0n) is 35.0. The molecule has 17 heteroatoms. The lowest BCUT2D eigenvalue weighted by atomic mass is 10.1. The van der Waals surface area contributed by atoms with Crippen LogP contribution in [0.4, 0.5) is 22.7 Å². The fraction of sp³-hybridized carbons (Fsp3) is 0.476. The van der Waals surface area contributed by atoms with Crippen molar-refractivity contribution >= 4 is 41.0 Å². The smallest absolute Gasteiger partial charge is 0.320 e. The van der Waals surface area contributed by atoms with E-state index in [1.165, 1.54) is 0 Å². The van der Waals surface area contributed by atoms with Crippen molar-refractivity contribution in [2.45, 2.75) is 84.6 Å². The molecule has 0 bridgehead atoms. The summed E-state index contributed by atoms with van der Waals surface area (Å²) in [6.07, 6.45) is 9.71. The molecule has 0 aliphatic carbocycles. The third-order valence-corrected chi connectivity index (χ3v) is 10.9. The number of ether oxygens (including phenoxy) is 2. The highest BCUT2D eigenvalue weighted by Gasteiger charge is 2.51. The quantitative estimate of drug-likeness (QED) is 0.0305. The molecule has 1 amide bonds. The van der Waals surface area contributed by atoms with Crippen molar-refractivity contribution in [3.63, 3.8) is 0 Å². The number of carbonyl (C=O) groups is 2. The molecule has 0 radical (unpaired) electrons. The normalized spacial score (nSPS) is 23.4. The average molecular weight is 812 g/mol. The Kier molecular flexibility index (Phi) is 12.6. The molecule has 17 nitrogen and oxygen atoms in total. The Hall–Kier alpha value is -5.78. The lowest BCUT2D eigenvalue weighted by molar-refractivity contribution is -0.132. The number of amidine groups is 1. The van der Waals surface area contributed by atoms with Crippen molar-refractivity contribution in [1.82, 2.24) is 31.0 Å². The number of likely N-dealkylation sites (N-methyl/N-ethyl adjacent to an activating group) is 1. The molecular formula is C42H57N11O6. The maximum absolute atomic E-state index is 13.7. The molecule has 5 heterocycles. The number of rotatable bonds is 13. The van der Waals surface area contributed by atoms with Crippen molar-refractivity contribution in [2.24, 2.45) is 4.99 Å². The van der Waals surface area contributed by atoms with Gasteiger partial charge in [0.05, 0.1) is 36.0 Å². The van der Waals surface area contributed by atoms with Crippen molar-refractivity contribution < 1.29 is 28.7 Å². The van der Waals surface area contributed by atoms with Crippen LogP contribution in [0, 0.1) is 13.8 Å². The maximum Gasteiger partial charge on any atom is 0.320 e. The highest BCUT2D eigenvalue weighted by Crippen LogP contribution is 2.50. The third-order valence-electron chi connectivity index (χ3n) is 10.9. The molecule has 1 fully saturated rings. The van der Waals surface area contributed by atoms with E-state index < -0.39 is 12.0 Å². The van der Waals surface area contributed by atoms with Gasteiger partial charge in [-0.1, -0.05) is 18.2 Å². The Morgan fingerprint density at radius 1 is 1.10 bits per heavy atom. The van der Waals surface area contributed by atoms with E-state index in [0.29, 0.717) is 75.7 Å². The van der Waals surface area contributed by atoms with Crippen molar-refractivity contribution in [3.8, 4) is 11.5 Å². The van der Waals surface area contributed by atoms with Gasteiger partial charge in [0.15, 0.2) is 6.29 Å². The van der Waals surface area contributed by atoms with E-state index in [1.54, 1.807) is 7.05 Å². The number of nitrogens with zero attached hydrogens (tertiary/aromatic N) is 6. The van der Waals surface area contributed by atoms with Crippen molar-refractivity contribution in [2.75, 3.05) is 67.4 Å². The Morgan fingerprint density at radius 2 is 1.88 bits per heavy atom. The van der Waals surface area contributed by atoms with E-state index >= 15 is 0 Å². The van der Waals surface area contributed by atoms with Gasteiger partial charge < -0.3 is 45.4 Å². The fourth-order valence-electron chi connectivity index (χ4n) is 7.76. The summed E-state index contributed by atoms with van der Waals surface area (Å²) in [6.45, 7) is 13.8. The number of benzene rings is 2. The van der Waals surface area contributed by atoms with Gasteiger partial charge in [0.2, 0.25) is 6.23 Å². The molecule has 1 aromatic heterocycles. The van der Waals surface area contributed by atoms with Crippen molar-refractivity contribution in [3.05, 3.63) is 77.2 Å². The van der Waals surface area contributed by atoms with Crippen LogP contribution in [0.5, 0.6) is 11.5 Å². The van der Waals surface area contributed by atoms with Crippen LogP contribution in [0.1, 0.15) is 73.6 Å². The van der Waals surface area contributed by atoms with E-state index in [9.17, 15) is 9.59 Å². The average Bonchev–Trinajstić information content (AvgIpc) is 3.66. The first-order valence-electron chi connectivity index (χ1n) is 20.3. The topological polar surface area (TPSA) is 174 Å². The Labute approximate surface area is 345 Å². The van der Waals surface area contributed by atoms with Gasteiger partial charge in [0.25, 0.3) is 5.91 Å². The summed E-state index contributed by atoms with van der Waals surface area (Å²) < 4.78 is 15.1. The number of aliphatic imine (C=N–C) groups is 1. The number of aryl methyl sites for hydroxylation is 3. The van der Waals surface area contributed by atoms with Gasteiger partial charge in [-0.25, -0.2) is 5.48 Å². The van der Waals surface area contributed by atoms with Crippen LogP contribution >= 0.6 is 0 Å². The molecule has 4 aliphatic rings. The molecule has 7 rings (SSSR count). The van der Waals surface area contributed by atoms with Gasteiger partial charge in [0, 0.05) is 57.7 Å². The van der Waals surface area contributed by atoms with Crippen LogP contribution in [0.2, 0.25) is 0 Å². The first kappa shape index (κ1) is 41.4. The summed E-state index contributed by atoms with van der Waals surface area (Å²) in [5.41, 5.74) is 9.09. The lowest BCUT2D eigenvalue weighted by Gasteiger charge is -2.35. The van der Waals surface area contributed by atoms with E-state index in [-0.39, 0.29) is 18.2 Å². The zero-order valence-corrected chi connectivity index (χ0v) is 35.0. The number of nitrogens with one attached hydrogen (secondary N) is 5. The Balaban J connectivity index is 1.19. The molecule has 1 saturated heterocycles. The molecule has 59 heavy (non-hydrogen) atoms. The second kappa shape index (κ2) is 18.0. The number of aromatic nitrogens is 2. The highest BCUT2D eigenvalue weighted by molar-refractivity contribution is 5.98. The highest BCUT2D eigenvalue weighted by atomic mass is 16.8. The molecule has 4 aliphatic heterocycles. The molecule has 5 N–H and O–H groups in total. The van der Waals surface area contributed by atoms with Crippen LogP contribution in [0.3, 0.4) is 0 Å². The standard InChI is InChI=1S/C42H57N11O6/c1-8-52-33(23-29(4)48-52)40-53(59-40)41-46-31-24-30(39(55)45-16-11-13-36(44-7)49-58-26-54)25-35-37(31)50(41)17-9-10-18-51-38-32(47-42(51,5)15-14-28(3)43-6)21-27(2)22-34(38)56-19-12-20-57-35/h9-10,14-15,21-26,28,40-41,43,46-47H,8,11-13,16-20H2,1-7H3,(H,44,49)(H,45,55)/b10-9+,15-14+. The molecule has 316 valence electrons. The van der Waals surface area contributed by atoms with Gasteiger partial charge in [-0.3, -0.25) is 24.1 Å². The minimum Gasteiger partial charge on any atom is -0.491 e. The number of hydroxylamine groups is 3. The van der Waals surface area contributed by atoms with Crippen LogP contribution < -0.4 is 46.0 Å². The Bertz CT molecular complexity index is 2100. The predicted molar refractivity (Wildman–Crippen MR) is 228 cm³/mol. The summed E-state index contributed by atoms with van der Waals surface area (Å²) in [5.74, 6) is 1.66. The van der Waals surface area contributed by atoms with Gasteiger partial charge in [0.1, 0.15) is 34.4 Å². The Morgan fingerprint density at radius 3 is 2.63 bits per heavy atom. The first-order chi connectivity index (χ1) is 28.6. The lowest BCUT2D eigenvalue weighted by Crippen LogP contribution is -2.47. The largest absolute Gasteiger partial charge is 0.491 e. The number of carbonyl (C=O) groups excluding carboxylic acids is 2. The SMILES string of the molecule is CCn1nc(C)cc1C1ON1C1Nc2cc(C(=O)NCCCC(=NC)NOC=O)cc3c2N1C/C=C/CN1c2c(cc(C)cc2OCCCO3)NC1(C)/C=C/C(C)NC. The van der Waals surface area contributed by atoms with Crippen molar-refractivity contribution in [1.29, 1.82) is 0 Å². The number of anilines is 4. The molecule has 2 aromatic carbocycles. The van der Waals surface area contributed by atoms with E-state index in [4.69, 9.17) is 14.3 Å². The zero-order chi connectivity index (χ0) is 41.7.